The van der Waals surface area contributed by atoms with E-state index in [-0.39, 0.29) is 40.9 Å². The second-order valence-electron chi connectivity index (χ2n) is 10.3. The molecule has 2 heterocycles. The summed E-state index contributed by atoms with van der Waals surface area (Å²) in [6.07, 6.45) is 1.68. The van der Waals surface area contributed by atoms with E-state index in [0.717, 1.165) is 11.3 Å². The third-order valence-corrected chi connectivity index (χ3v) is 7.35. The molecule has 0 aliphatic carbocycles. The molecule has 11 nitrogen and oxygen atoms in total. The van der Waals surface area contributed by atoms with Crippen LogP contribution in [0.1, 0.15) is 58.7 Å². The van der Waals surface area contributed by atoms with Gasteiger partial charge in [0.1, 0.15) is 0 Å². The number of nitrogens with zero attached hydrogens (tertiary/aromatic N) is 2. The van der Waals surface area contributed by atoms with Crippen LogP contribution in [0, 0.1) is 5.92 Å². The van der Waals surface area contributed by atoms with Gasteiger partial charge in [0.15, 0.2) is 27.8 Å². The molecule has 44 heavy (non-hydrogen) atoms. The van der Waals surface area contributed by atoms with Gasteiger partial charge in [-0.3, -0.25) is 19.0 Å². The first-order valence-electron chi connectivity index (χ1n) is 13.9. The SMILES string of the molecule is CCOc1cc(C=c2sc3n(c2=O)C(c2ccc(OC(C)=O)c(OC)c2)C(C(=O)OCC(C)C)=C(C)N=3)ccc1OC(C)=O. The fraction of sp³-hybridized carbons (Fsp3) is 0.344. The van der Waals surface area contributed by atoms with E-state index in [9.17, 15) is 19.2 Å². The van der Waals surface area contributed by atoms with Crippen LogP contribution >= 0.6 is 11.3 Å². The number of thiazole rings is 1. The van der Waals surface area contributed by atoms with Crippen LogP contribution in [0.25, 0.3) is 6.08 Å². The molecule has 0 N–H and O–H groups in total. The summed E-state index contributed by atoms with van der Waals surface area (Å²) in [5.41, 5.74) is 1.39. The lowest BCUT2D eigenvalue weighted by atomic mass is 9.95. The fourth-order valence-electron chi connectivity index (χ4n) is 4.58. The summed E-state index contributed by atoms with van der Waals surface area (Å²) < 4.78 is 29.0. The Kier molecular flexibility index (Phi) is 10.0. The minimum atomic E-state index is -0.904. The van der Waals surface area contributed by atoms with Crippen LogP contribution in [-0.2, 0) is 19.1 Å². The van der Waals surface area contributed by atoms with Gasteiger partial charge in [-0.2, -0.15) is 0 Å². The van der Waals surface area contributed by atoms with Gasteiger partial charge >= 0.3 is 17.9 Å². The van der Waals surface area contributed by atoms with Crippen molar-refractivity contribution in [2.75, 3.05) is 20.3 Å². The van der Waals surface area contributed by atoms with Crippen molar-refractivity contribution in [1.29, 1.82) is 0 Å². The highest BCUT2D eigenvalue weighted by atomic mass is 32.1. The molecule has 1 aromatic heterocycles. The first kappa shape index (κ1) is 32.2. The number of hydrogen-bond acceptors (Lipinski definition) is 11. The van der Waals surface area contributed by atoms with Crippen LogP contribution < -0.4 is 33.8 Å². The smallest absolute Gasteiger partial charge is 0.338 e. The maximum atomic E-state index is 14.0. The zero-order chi connectivity index (χ0) is 32.1. The van der Waals surface area contributed by atoms with Gasteiger partial charge < -0.3 is 23.7 Å². The molecule has 0 saturated carbocycles. The molecule has 0 spiro atoms. The fourth-order valence-corrected chi connectivity index (χ4v) is 5.63. The monoisotopic (exact) mass is 622 g/mol. The normalized spacial score (nSPS) is 14.5. The number of ether oxygens (including phenoxy) is 5. The van der Waals surface area contributed by atoms with E-state index < -0.39 is 23.9 Å². The van der Waals surface area contributed by atoms with Gasteiger partial charge in [-0.25, -0.2) is 9.79 Å². The topological polar surface area (TPSA) is 132 Å². The molecular weight excluding hydrogens is 588 g/mol. The van der Waals surface area contributed by atoms with Crippen molar-refractivity contribution < 1.29 is 38.1 Å². The first-order valence-corrected chi connectivity index (χ1v) is 14.8. The number of rotatable bonds is 10. The van der Waals surface area contributed by atoms with Crippen LogP contribution in [0.2, 0.25) is 0 Å². The van der Waals surface area contributed by atoms with Crippen molar-refractivity contribution >= 4 is 35.3 Å². The molecule has 4 rings (SSSR count). The highest BCUT2D eigenvalue weighted by Crippen LogP contribution is 2.36. The van der Waals surface area contributed by atoms with Crippen LogP contribution in [0.5, 0.6) is 23.0 Å². The largest absolute Gasteiger partial charge is 0.493 e. The van der Waals surface area contributed by atoms with E-state index in [1.807, 2.05) is 20.8 Å². The molecule has 1 aliphatic rings. The van der Waals surface area contributed by atoms with Gasteiger partial charge in [-0.1, -0.05) is 37.3 Å². The third kappa shape index (κ3) is 7.08. The van der Waals surface area contributed by atoms with Gasteiger partial charge in [0.2, 0.25) is 0 Å². The Morgan fingerprint density at radius 1 is 1.00 bits per heavy atom. The molecule has 1 aliphatic heterocycles. The Morgan fingerprint density at radius 2 is 1.66 bits per heavy atom. The van der Waals surface area contributed by atoms with E-state index in [2.05, 4.69) is 4.99 Å². The average Bonchev–Trinajstić information content (AvgIpc) is 3.26. The lowest BCUT2D eigenvalue weighted by molar-refractivity contribution is -0.140. The number of benzene rings is 2. The second kappa shape index (κ2) is 13.7. The molecule has 0 bridgehead atoms. The quantitative estimate of drug-likeness (QED) is 0.245. The zero-order valence-corrected chi connectivity index (χ0v) is 26.4. The molecular formula is C32H34N2O9S. The Hall–Kier alpha value is -4.71. The number of carbonyl (C=O) groups excluding carboxylic acids is 3. The molecule has 12 heteroatoms. The average molecular weight is 623 g/mol. The van der Waals surface area contributed by atoms with Gasteiger partial charge in [0.25, 0.3) is 5.56 Å². The summed E-state index contributed by atoms with van der Waals surface area (Å²) in [5, 5.41) is 0. The van der Waals surface area contributed by atoms with E-state index in [1.54, 1.807) is 49.4 Å². The molecule has 0 amide bonds. The number of hydrogen-bond donors (Lipinski definition) is 0. The molecule has 3 aromatic rings. The number of esters is 3. The van der Waals surface area contributed by atoms with Crippen molar-refractivity contribution in [2.24, 2.45) is 10.9 Å². The predicted octanol–water partition coefficient (Wildman–Crippen LogP) is 3.69. The Labute approximate surface area is 258 Å². The molecule has 0 saturated heterocycles. The Morgan fingerprint density at radius 3 is 2.27 bits per heavy atom. The first-order chi connectivity index (χ1) is 20.9. The lowest BCUT2D eigenvalue weighted by Gasteiger charge is -2.25. The van der Waals surface area contributed by atoms with E-state index >= 15 is 0 Å². The van der Waals surface area contributed by atoms with Crippen molar-refractivity contribution in [3.05, 3.63) is 78.5 Å². The predicted molar refractivity (Wildman–Crippen MR) is 163 cm³/mol. The zero-order valence-electron chi connectivity index (χ0n) is 25.6. The number of methoxy groups -OCH3 is 1. The summed E-state index contributed by atoms with van der Waals surface area (Å²) >= 11 is 1.16. The summed E-state index contributed by atoms with van der Waals surface area (Å²) in [6.45, 7) is 10.5. The maximum absolute atomic E-state index is 14.0. The highest BCUT2D eigenvalue weighted by Gasteiger charge is 2.34. The number of allylic oxidation sites excluding steroid dienone is 1. The summed E-state index contributed by atoms with van der Waals surface area (Å²) in [7, 11) is 1.43. The van der Waals surface area contributed by atoms with Gasteiger partial charge in [0, 0.05) is 13.8 Å². The van der Waals surface area contributed by atoms with Crippen molar-refractivity contribution in [1.82, 2.24) is 4.57 Å². The third-order valence-electron chi connectivity index (χ3n) is 6.37. The Bertz CT molecular complexity index is 1820. The summed E-state index contributed by atoms with van der Waals surface area (Å²) in [6, 6.07) is 8.92. The number of carbonyl (C=O) groups is 3. The number of aromatic nitrogens is 1. The van der Waals surface area contributed by atoms with E-state index in [4.69, 9.17) is 23.7 Å². The maximum Gasteiger partial charge on any atom is 0.338 e. The van der Waals surface area contributed by atoms with Gasteiger partial charge in [-0.05, 0) is 61.2 Å². The minimum Gasteiger partial charge on any atom is -0.493 e. The summed E-state index contributed by atoms with van der Waals surface area (Å²) in [5.74, 6) is -0.434. The molecule has 2 aromatic carbocycles. The van der Waals surface area contributed by atoms with Crippen LogP contribution in [0.15, 0.2) is 57.5 Å². The number of fused-ring (bicyclic) bond motifs is 1. The molecule has 0 fully saturated rings. The molecule has 1 unspecified atom stereocenters. The molecule has 1 atom stereocenters. The van der Waals surface area contributed by atoms with Crippen LogP contribution in [0.4, 0.5) is 0 Å². The molecule has 232 valence electrons. The molecule has 0 radical (unpaired) electrons. The standard InChI is InChI=1S/C32H34N2O9S/c1-8-40-26-13-21(9-11-24(26)43-20(6)36)14-27-30(37)34-29(22-10-12-23(42-19(5)35)25(15-22)39-7)28(18(4)33-32(34)44-27)31(38)41-16-17(2)3/h9-15,17,29H,8,16H2,1-7H3. The van der Waals surface area contributed by atoms with Crippen LogP contribution in [0.3, 0.4) is 0 Å². The van der Waals surface area contributed by atoms with Crippen LogP contribution in [-0.4, -0.2) is 42.8 Å². The minimum absolute atomic E-state index is 0.0939. The van der Waals surface area contributed by atoms with E-state index in [0.29, 0.717) is 38.5 Å². The highest BCUT2D eigenvalue weighted by molar-refractivity contribution is 7.07. The van der Waals surface area contributed by atoms with E-state index in [1.165, 1.54) is 25.5 Å². The lowest BCUT2D eigenvalue weighted by Crippen LogP contribution is -2.40. The summed E-state index contributed by atoms with van der Waals surface area (Å²) in [4.78, 5) is 55.7. The van der Waals surface area contributed by atoms with Gasteiger partial charge in [-0.15, -0.1) is 0 Å². The second-order valence-corrected chi connectivity index (χ2v) is 11.3. The Balaban J connectivity index is 1.90. The van der Waals surface area contributed by atoms with Gasteiger partial charge in [0.05, 0.1) is 42.2 Å². The van der Waals surface area contributed by atoms with Crippen molar-refractivity contribution in [3.8, 4) is 23.0 Å². The van der Waals surface area contributed by atoms with Crippen molar-refractivity contribution in [3.63, 3.8) is 0 Å². The van der Waals surface area contributed by atoms with Crippen molar-refractivity contribution in [2.45, 2.75) is 47.6 Å².